The Labute approximate surface area is 104 Å². The highest BCUT2D eigenvalue weighted by Crippen LogP contribution is 2.06. The van der Waals surface area contributed by atoms with Crippen LogP contribution in [0, 0.1) is 0 Å². The fourth-order valence-electron chi connectivity index (χ4n) is 1.22. The maximum atomic E-state index is 11.5. The van der Waals surface area contributed by atoms with Gasteiger partial charge in [0.2, 0.25) is 5.78 Å². The summed E-state index contributed by atoms with van der Waals surface area (Å²) >= 11 is 0. The van der Waals surface area contributed by atoms with Crippen molar-refractivity contribution in [2.75, 3.05) is 19.4 Å². The Morgan fingerprint density at radius 3 is 2.39 bits per heavy atom. The van der Waals surface area contributed by atoms with Crippen molar-refractivity contribution < 1.29 is 19.1 Å². The van der Waals surface area contributed by atoms with Crippen molar-refractivity contribution in [2.24, 2.45) is 0 Å². The molecule has 18 heavy (non-hydrogen) atoms. The lowest BCUT2D eigenvalue weighted by Gasteiger charge is -2.03. The zero-order chi connectivity index (χ0) is 13.5. The molecule has 0 fully saturated rings. The third-order valence-corrected chi connectivity index (χ3v) is 2.22. The maximum absolute atomic E-state index is 11.5. The van der Waals surface area contributed by atoms with Crippen molar-refractivity contribution >= 4 is 23.3 Å². The topological polar surface area (TPSA) is 98.5 Å². The molecule has 0 aliphatic carbocycles. The summed E-state index contributed by atoms with van der Waals surface area (Å²) in [6.45, 7) is -0.317. The van der Waals surface area contributed by atoms with Crippen LogP contribution in [0.4, 0.5) is 5.69 Å². The Morgan fingerprint density at radius 1 is 1.22 bits per heavy atom. The fourth-order valence-corrected chi connectivity index (χ4v) is 1.22. The van der Waals surface area contributed by atoms with Crippen molar-refractivity contribution in [3.05, 3.63) is 29.8 Å². The van der Waals surface area contributed by atoms with Gasteiger partial charge in [0.1, 0.15) is 6.54 Å². The van der Waals surface area contributed by atoms with Crippen molar-refractivity contribution in [1.29, 1.82) is 0 Å². The van der Waals surface area contributed by atoms with Gasteiger partial charge in [0.05, 0.1) is 7.11 Å². The van der Waals surface area contributed by atoms with E-state index in [0.29, 0.717) is 11.3 Å². The smallest absolute Gasteiger partial charge is 0.325 e. The molecule has 6 nitrogen and oxygen atoms in total. The molecule has 0 radical (unpaired) electrons. The van der Waals surface area contributed by atoms with E-state index in [-0.39, 0.29) is 13.0 Å². The molecule has 1 amide bonds. The summed E-state index contributed by atoms with van der Waals surface area (Å²) in [5.41, 5.74) is 6.77. The molecule has 6 heteroatoms. The van der Waals surface area contributed by atoms with E-state index in [1.807, 2.05) is 0 Å². The summed E-state index contributed by atoms with van der Waals surface area (Å²) in [5, 5.41) is 2.18. The molecule has 0 aliphatic rings. The predicted molar refractivity (Wildman–Crippen MR) is 64.6 cm³/mol. The van der Waals surface area contributed by atoms with Gasteiger partial charge in [-0.15, -0.1) is 0 Å². The number of benzene rings is 1. The molecule has 0 saturated heterocycles. The second-order valence-corrected chi connectivity index (χ2v) is 3.60. The van der Waals surface area contributed by atoms with Gasteiger partial charge in [-0.25, -0.2) is 0 Å². The number of carbonyl (C=O) groups excluding carboxylic acids is 3. The first-order valence-corrected chi connectivity index (χ1v) is 5.25. The lowest BCUT2D eigenvalue weighted by Crippen LogP contribution is -2.36. The average molecular weight is 250 g/mol. The molecule has 1 rings (SSSR count). The van der Waals surface area contributed by atoms with Gasteiger partial charge in [-0.3, -0.25) is 14.4 Å². The number of ether oxygens (including phenoxy) is 1. The molecule has 0 aromatic heterocycles. The summed E-state index contributed by atoms with van der Waals surface area (Å²) in [5.74, 6) is -2.04. The standard InChI is InChI=1S/C12H14N2O4/c1-18-11(16)7-14-12(17)10(15)6-8-2-4-9(13)5-3-8/h2-5H,6-7,13H2,1H3,(H,14,17). The summed E-state index contributed by atoms with van der Waals surface area (Å²) in [7, 11) is 1.20. The fraction of sp³-hybridized carbons (Fsp3) is 0.250. The highest BCUT2D eigenvalue weighted by atomic mass is 16.5. The Hall–Kier alpha value is -2.37. The number of ketones is 1. The molecule has 1 aromatic carbocycles. The van der Waals surface area contributed by atoms with Crippen LogP contribution < -0.4 is 11.1 Å². The number of amides is 1. The molecule has 96 valence electrons. The number of methoxy groups -OCH3 is 1. The Bertz CT molecular complexity index is 454. The summed E-state index contributed by atoms with van der Waals surface area (Å²) in [6, 6.07) is 6.63. The van der Waals surface area contributed by atoms with Crippen molar-refractivity contribution in [1.82, 2.24) is 5.32 Å². The van der Waals surface area contributed by atoms with Gasteiger partial charge >= 0.3 is 5.97 Å². The van der Waals surface area contributed by atoms with E-state index in [1.54, 1.807) is 24.3 Å². The molecule has 0 bridgehead atoms. The van der Waals surface area contributed by atoms with Gasteiger partial charge < -0.3 is 15.8 Å². The third kappa shape index (κ3) is 4.25. The average Bonchev–Trinajstić information content (AvgIpc) is 2.38. The normalized spacial score (nSPS) is 9.61. The van der Waals surface area contributed by atoms with Crippen LogP contribution in [0.3, 0.4) is 0 Å². The Morgan fingerprint density at radius 2 is 1.83 bits per heavy atom. The Kier molecular flexibility index (Phi) is 4.86. The van der Waals surface area contributed by atoms with Crippen LogP contribution >= 0.6 is 0 Å². The van der Waals surface area contributed by atoms with Crippen LogP contribution in [0.25, 0.3) is 0 Å². The number of Topliss-reactive ketones (excluding diaryl/α,β-unsaturated/α-hetero) is 1. The SMILES string of the molecule is COC(=O)CNC(=O)C(=O)Cc1ccc(N)cc1. The minimum absolute atomic E-state index is 0.0344. The van der Waals surface area contributed by atoms with Crippen LogP contribution in [0.1, 0.15) is 5.56 Å². The van der Waals surface area contributed by atoms with Gasteiger partial charge in [-0.1, -0.05) is 12.1 Å². The molecule has 0 unspecified atom stereocenters. The third-order valence-electron chi connectivity index (χ3n) is 2.22. The monoisotopic (exact) mass is 250 g/mol. The highest BCUT2D eigenvalue weighted by molar-refractivity contribution is 6.36. The first-order valence-electron chi connectivity index (χ1n) is 5.25. The van der Waals surface area contributed by atoms with E-state index >= 15 is 0 Å². The molecular formula is C12H14N2O4. The predicted octanol–water partition coefficient (Wildman–Crippen LogP) is -0.330. The first-order chi connectivity index (χ1) is 8.52. The first kappa shape index (κ1) is 13.7. The summed E-state index contributed by atoms with van der Waals surface area (Å²) in [6.07, 6.45) is -0.0344. The van der Waals surface area contributed by atoms with E-state index in [9.17, 15) is 14.4 Å². The van der Waals surface area contributed by atoms with E-state index < -0.39 is 17.7 Å². The summed E-state index contributed by atoms with van der Waals surface area (Å²) in [4.78, 5) is 33.6. The summed E-state index contributed by atoms with van der Waals surface area (Å²) < 4.78 is 4.33. The second kappa shape index (κ2) is 6.39. The van der Waals surface area contributed by atoms with E-state index in [0.717, 1.165) is 0 Å². The van der Waals surface area contributed by atoms with Gasteiger partial charge in [-0.2, -0.15) is 0 Å². The van der Waals surface area contributed by atoms with Crippen molar-refractivity contribution in [2.45, 2.75) is 6.42 Å². The van der Waals surface area contributed by atoms with Crippen LogP contribution in [0.5, 0.6) is 0 Å². The number of hydrogen-bond acceptors (Lipinski definition) is 5. The largest absolute Gasteiger partial charge is 0.468 e. The number of nitrogens with one attached hydrogen (secondary N) is 1. The molecule has 3 N–H and O–H groups in total. The minimum atomic E-state index is -0.808. The van der Waals surface area contributed by atoms with Gasteiger partial charge in [0, 0.05) is 12.1 Å². The zero-order valence-electron chi connectivity index (χ0n) is 9.93. The molecular weight excluding hydrogens is 236 g/mol. The quantitative estimate of drug-likeness (QED) is 0.423. The van der Waals surface area contributed by atoms with Crippen molar-refractivity contribution in [3.8, 4) is 0 Å². The van der Waals surface area contributed by atoms with Crippen molar-refractivity contribution in [3.63, 3.8) is 0 Å². The molecule has 0 aliphatic heterocycles. The number of esters is 1. The molecule has 0 heterocycles. The van der Waals surface area contributed by atoms with Crippen LogP contribution in [-0.2, 0) is 25.5 Å². The number of nitrogen functional groups attached to an aromatic ring is 1. The molecule has 0 saturated carbocycles. The second-order valence-electron chi connectivity index (χ2n) is 3.60. The number of nitrogens with two attached hydrogens (primary N) is 1. The van der Waals surface area contributed by atoms with E-state index in [4.69, 9.17) is 5.73 Å². The lowest BCUT2D eigenvalue weighted by molar-refractivity contribution is -0.143. The zero-order valence-corrected chi connectivity index (χ0v) is 9.93. The highest BCUT2D eigenvalue weighted by Gasteiger charge is 2.15. The van der Waals surface area contributed by atoms with E-state index in [2.05, 4.69) is 10.1 Å². The number of rotatable bonds is 5. The number of anilines is 1. The number of hydrogen-bond donors (Lipinski definition) is 2. The number of carbonyl (C=O) groups is 3. The molecule has 0 atom stereocenters. The van der Waals surface area contributed by atoms with Crippen LogP contribution in [-0.4, -0.2) is 31.3 Å². The molecule has 0 spiro atoms. The van der Waals surface area contributed by atoms with E-state index in [1.165, 1.54) is 7.11 Å². The molecule has 1 aromatic rings. The maximum Gasteiger partial charge on any atom is 0.325 e. The minimum Gasteiger partial charge on any atom is -0.468 e. The van der Waals surface area contributed by atoms with Gasteiger partial charge in [0.15, 0.2) is 0 Å². The Balaban J connectivity index is 2.47. The lowest BCUT2D eigenvalue weighted by atomic mass is 10.1. The van der Waals surface area contributed by atoms with Gasteiger partial charge in [0.25, 0.3) is 5.91 Å². The van der Waals surface area contributed by atoms with Crippen LogP contribution in [0.15, 0.2) is 24.3 Å². The van der Waals surface area contributed by atoms with Crippen LogP contribution in [0.2, 0.25) is 0 Å². The van der Waals surface area contributed by atoms with Gasteiger partial charge in [-0.05, 0) is 17.7 Å².